The molecule has 0 spiro atoms. The van der Waals surface area contributed by atoms with Crippen LogP contribution >= 0.6 is 11.9 Å². The third-order valence-corrected chi connectivity index (χ3v) is 1.60. The Balaban J connectivity index is 2.56. The first-order valence-corrected chi connectivity index (χ1v) is 2.91. The van der Waals surface area contributed by atoms with Crippen molar-refractivity contribution in [3.05, 3.63) is 14.1 Å². The molecule has 1 aliphatic rings. The van der Waals surface area contributed by atoms with Crippen LogP contribution < -0.4 is 0 Å². The third-order valence-electron chi connectivity index (χ3n) is 0.788. The molecule has 42 valence electrons. The molecule has 4 heteroatoms. The Labute approximate surface area is 52.7 Å². The fraction of sp³-hybridized carbons (Fsp3) is 0.250. The van der Waals surface area contributed by atoms with Gasteiger partial charge >= 0.3 is 0 Å². The third kappa shape index (κ3) is 0.809. The lowest BCUT2D eigenvalue weighted by Crippen LogP contribution is -2.25. The van der Waals surface area contributed by atoms with E-state index >= 15 is 0 Å². The molecule has 1 fully saturated rings. The van der Waals surface area contributed by atoms with Gasteiger partial charge in [-0.05, 0) is 11.9 Å². The maximum Gasteiger partial charge on any atom is 0.249 e. The molecule has 0 saturated carbocycles. The maximum absolute atomic E-state index is 10.4. The zero-order chi connectivity index (χ0) is 6.15. The van der Waals surface area contributed by atoms with Crippen LogP contribution in [0.15, 0.2) is 0 Å². The number of hydrogen-bond donors (Lipinski definition) is 0. The molecule has 0 aromatic rings. The second kappa shape index (κ2) is 1.95. The summed E-state index contributed by atoms with van der Waals surface area (Å²) in [6.45, 7) is 0. The van der Waals surface area contributed by atoms with Gasteiger partial charge in [-0.15, -0.1) is 0 Å². The number of amides is 1. The highest BCUT2D eigenvalue weighted by molar-refractivity contribution is 7.98. The molecule has 0 aromatic carbocycles. The predicted octanol–water partition coefficient (Wildman–Crippen LogP) is 0.0310. The summed E-state index contributed by atoms with van der Waals surface area (Å²) in [4.78, 5) is 10.4. The standard InChI is InChI=1S/C4H4N2OS/c1-5-4(7)3-8-6(5)2/h1-2H,3H2. The molecule has 8 heavy (non-hydrogen) atoms. The van der Waals surface area contributed by atoms with Gasteiger partial charge in [0.2, 0.25) is 5.91 Å². The van der Waals surface area contributed by atoms with E-state index in [1.54, 1.807) is 0 Å². The highest BCUT2D eigenvalue weighted by atomic mass is 32.2. The van der Waals surface area contributed by atoms with E-state index in [1.807, 2.05) is 0 Å². The summed E-state index contributed by atoms with van der Waals surface area (Å²) in [5.74, 6) is 0.171. The number of nitrogens with zero attached hydrogens (tertiary/aromatic N) is 2. The minimum Gasteiger partial charge on any atom is -0.272 e. The molecule has 4 radical (unpaired) electrons. The number of rotatable bonds is 0. The van der Waals surface area contributed by atoms with Crippen molar-refractivity contribution in [2.24, 2.45) is 0 Å². The summed E-state index contributed by atoms with van der Waals surface area (Å²) >= 11 is 1.18. The number of carbonyl (C=O) groups excluding carboxylic acids is 1. The molecule has 3 nitrogen and oxygen atoms in total. The van der Waals surface area contributed by atoms with Gasteiger partial charge in [-0.1, -0.05) is 0 Å². The smallest absolute Gasteiger partial charge is 0.249 e. The van der Waals surface area contributed by atoms with E-state index < -0.39 is 0 Å². The molecule has 1 aliphatic heterocycles. The van der Waals surface area contributed by atoms with E-state index in [-0.39, 0.29) is 5.91 Å². The second-order valence-corrected chi connectivity index (χ2v) is 2.24. The first-order valence-electron chi connectivity index (χ1n) is 1.97. The van der Waals surface area contributed by atoms with E-state index in [0.29, 0.717) is 5.75 Å². The first kappa shape index (κ1) is 5.91. The van der Waals surface area contributed by atoms with Crippen LogP contribution in [-0.4, -0.2) is 21.1 Å². The maximum atomic E-state index is 10.4. The van der Waals surface area contributed by atoms with Crippen molar-refractivity contribution >= 4 is 17.9 Å². The van der Waals surface area contributed by atoms with Crippen LogP contribution in [-0.2, 0) is 4.79 Å². The lowest BCUT2D eigenvalue weighted by molar-refractivity contribution is -0.130. The van der Waals surface area contributed by atoms with Gasteiger partial charge in [0.15, 0.2) is 0 Å². The molecule has 0 aromatic heterocycles. The minimum atomic E-state index is -0.169. The molecular weight excluding hydrogens is 124 g/mol. The fourth-order valence-corrected chi connectivity index (χ4v) is 0.950. The Morgan fingerprint density at radius 2 is 2.25 bits per heavy atom. The van der Waals surface area contributed by atoms with E-state index in [1.165, 1.54) is 11.9 Å². The van der Waals surface area contributed by atoms with Gasteiger partial charge in [0.1, 0.15) is 0 Å². The van der Waals surface area contributed by atoms with Crippen molar-refractivity contribution in [1.29, 1.82) is 0 Å². The quantitative estimate of drug-likeness (QED) is 0.430. The first-order chi connectivity index (χ1) is 3.72. The fourth-order valence-electron chi connectivity index (χ4n) is 0.360. The van der Waals surface area contributed by atoms with Crippen molar-refractivity contribution < 1.29 is 4.79 Å². The summed E-state index contributed by atoms with van der Waals surface area (Å²) in [6, 6.07) is 0. The zero-order valence-electron chi connectivity index (χ0n) is 4.07. The van der Waals surface area contributed by atoms with Crippen LogP contribution in [0.4, 0.5) is 0 Å². The Hall–Kier alpha value is -0.220. The molecule has 0 bridgehead atoms. The van der Waals surface area contributed by atoms with Gasteiger partial charge in [0, 0.05) is 0 Å². The molecule has 1 saturated heterocycles. The molecule has 0 atom stereocenters. The van der Waals surface area contributed by atoms with Crippen LogP contribution in [0.3, 0.4) is 0 Å². The largest absolute Gasteiger partial charge is 0.272 e. The summed E-state index contributed by atoms with van der Waals surface area (Å²) < 4.78 is 1.10. The monoisotopic (exact) mass is 128 g/mol. The summed E-state index contributed by atoms with van der Waals surface area (Å²) in [7, 11) is 10.2. The van der Waals surface area contributed by atoms with Gasteiger partial charge in [0.25, 0.3) is 0 Å². The molecule has 0 aliphatic carbocycles. The Morgan fingerprint density at radius 1 is 1.62 bits per heavy atom. The van der Waals surface area contributed by atoms with Crippen molar-refractivity contribution in [2.75, 3.05) is 5.75 Å². The number of hydrogen-bond acceptors (Lipinski definition) is 3. The van der Waals surface area contributed by atoms with Crippen molar-refractivity contribution in [3.63, 3.8) is 0 Å². The van der Waals surface area contributed by atoms with E-state index in [0.717, 1.165) is 9.42 Å². The molecular formula is C4H4N2OS. The summed E-state index contributed by atoms with van der Waals surface area (Å²) in [5.41, 5.74) is 0. The molecule has 1 amide bonds. The van der Waals surface area contributed by atoms with E-state index in [2.05, 4.69) is 0 Å². The van der Waals surface area contributed by atoms with Gasteiger partial charge < -0.3 is 0 Å². The van der Waals surface area contributed by atoms with Crippen LogP contribution in [0.25, 0.3) is 0 Å². The van der Waals surface area contributed by atoms with Gasteiger partial charge in [-0.2, -0.15) is 4.41 Å². The highest BCUT2D eigenvalue weighted by Gasteiger charge is 2.22. The van der Waals surface area contributed by atoms with Crippen molar-refractivity contribution in [1.82, 2.24) is 9.42 Å². The lowest BCUT2D eigenvalue weighted by Gasteiger charge is -2.13. The van der Waals surface area contributed by atoms with Crippen LogP contribution in [0.1, 0.15) is 0 Å². The highest BCUT2D eigenvalue weighted by Crippen LogP contribution is 2.19. The Bertz CT molecular complexity index is 117. The van der Waals surface area contributed by atoms with Crippen LogP contribution in [0, 0.1) is 14.1 Å². The zero-order valence-corrected chi connectivity index (χ0v) is 4.89. The number of carbonyl (C=O) groups is 1. The topological polar surface area (TPSA) is 23.6 Å². The van der Waals surface area contributed by atoms with Gasteiger partial charge in [-0.25, -0.2) is 0 Å². The summed E-state index contributed by atoms with van der Waals surface area (Å²) in [5, 5.41) is 0.880. The SMILES string of the molecule is [CH]N1SCC(=O)N1[CH]. The lowest BCUT2D eigenvalue weighted by atomic mass is 10.7. The van der Waals surface area contributed by atoms with Gasteiger partial charge in [0.05, 0.1) is 19.8 Å². The second-order valence-electron chi connectivity index (χ2n) is 1.31. The molecule has 0 unspecified atom stereocenters. The van der Waals surface area contributed by atoms with Gasteiger partial charge in [-0.3, -0.25) is 9.80 Å². The predicted molar refractivity (Wildman–Crippen MR) is 29.7 cm³/mol. The number of hydrazine groups is 1. The Kier molecular flexibility index (Phi) is 1.44. The normalized spacial score (nSPS) is 22.8. The van der Waals surface area contributed by atoms with Crippen LogP contribution in [0.5, 0.6) is 0 Å². The molecule has 1 heterocycles. The van der Waals surface area contributed by atoms with E-state index in [9.17, 15) is 4.79 Å². The van der Waals surface area contributed by atoms with E-state index in [4.69, 9.17) is 14.1 Å². The van der Waals surface area contributed by atoms with Crippen LogP contribution in [0.2, 0.25) is 0 Å². The summed E-state index contributed by atoms with van der Waals surface area (Å²) in [6.07, 6.45) is 0. The van der Waals surface area contributed by atoms with Crippen molar-refractivity contribution in [3.8, 4) is 0 Å². The minimum absolute atomic E-state index is 0.169. The average molecular weight is 128 g/mol. The van der Waals surface area contributed by atoms with Crippen molar-refractivity contribution in [2.45, 2.75) is 0 Å². The average Bonchev–Trinajstić information content (AvgIpc) is 1.98. The Morgan fingerprint density at radius 3 is 2.38 bits per heavy atom. The molecule has 0 N–H and O–H groups in total. The molecule has 1 rings (SSSR count).